The molecule has 1 aliphatic heterocycles. The first-order valence-electron chi connectivity index (χ1n) is 9.59. The fourth-order valence-electron chi connectivity index (χ4n) is 4.06. The van der Waals surface area contributed by atoms with Gasteiger partial charge in [0, 0.05) is 11.1 Å². The van der Waals surface area contributed by atoms with Crippen LogP contribution in [0.15, 0.2) is 47.5 Å². The summed E-state index contributed by atoms with van der Waals surface area (Å²) in [7, 11) is 1.68. The van der Waals surface area contributed by atoms with Gasteiger partial charge in [-0.3, -0.25) is 0 Å². The fraction of sp³-hybridized carbons (Fsp3) is 0.458. The van der Waals surface area contributed by atoms with Crippen molar-refractivity contribution in [2.45, 2.75) is 59.6 Å². The van der Waals surface area contributed by atoms with Gasteiger partial charge in [-0.15, -0.1) is 0 Å². The molecule has 0 aliphatic carbocycles. The zero-order valence-electron chi connectivity index (χ0n) is 17.6. The van der Waals surface area contributed by atoms with Gasteiger partial charge in [0.1, 0.15) is 5.75 Å². The molecule has 0 radical (unpaired) electrons. The van der Waals surface area contributed by atoms with Crippen molar-refractivity contribution in [2.24, 2.45) is 10.4 Å². The van der Waals surface area contributed by atoms with Crippen molar-refractivity contribution in [3.05, 3.63) is 64.7 Å². The molecule has 2 aromatic rings. The molecule has 2 aromatic carbocycles. The molecule has 3 rings (SSSR count). The van der Waals surface area contributed by atoms with Crippen molar-refractivity contribution < 1.29 is 9.47 Å². The van der Waals surface area contributed by atoms with Gasteiger partial charge in [-0.25, -0.2) is 4.99 Å². The molecule has 1 atom stereocenters. The molecule has 3 heteroatoms. The molecule has 0 N–H and O–H groups in total. The van der Waals surface area contributed by atoms with Crippen LogP contribution in [0.3, 0.4) is 0 Å². The number of hydrogen-bond acceptors (Lipinski definition) is 3. The van der Waals surface area contributed by atoms with Crippen molar-refractivity contribution >= 4 is 5.90 Å². The molecule has 1 aliphatic rings. The molecule has 1 heterocycles. The van der Waals surface area contributed by atoms with Gasteiger partial charge in [0.15, 0.2) is 6.10 Å². The molecule has 0 saturated carbocycles. The quantitative estimate of drug-likeness (QED) is 0.657. The van der Waals surface area contributed by atoms with E-state index in [1.54, 1.807) is 7.11 Å². The minimum Gasteiger partial charge on any atom is -0.497 e. The highest BCUT2D eigenvalue weighted by Crippen LogP contribution is 2.39. The van der Waals surface area contributed by atoms with Gasteiger partial charge in [-0.1, -0.05) is 50.6 Å². The van der Waals surface area contributed by atoms with E-state index >= 15 is 0 Å². The van der Waals surface area contributed by atoms with Gasteiger partial charge in [0.25, 0.3) is 0 Å². The molecule has 0 amide bonds. The third kappa shape index (κ3) is 4.52. The highest BCUT2D eigenvalue weighted by molar-refractivity contribution is 5.99. The predicted molar refractivity (Wildman–Crippen MR) is 112 cm³/mol. The van der Waals surface area contributed by atoms with E-state index < -0.39 is 0 Å². The Morgan fingerprint density at radius 3 is 2.26 bits per heavy atom. The normalized spacial score (nSPS) is 18.3. The van der Waals surface area contributed by atoms with Crippen molar-refractivity contribution in [1.82, 2.24) is 0 Å². The minimum absolute atomic E-state index is 0.130. The van der Waals surface area contributed by atoms with Crippen LogP contribution in [0, 0.1) is 12.3 Å². The molecule has 144 valence electrons. The highest BCUT2D eigenvalue weighted by atomic mass is 16.5. The maximum Gasteiger partial charge on any atom is 0.218 e. The largest absolute Gasteiger partial charge is 0.497 e. The maximum absolute atomic E-state index is 6.41. The first-order valence-corrected chi connectivity index (χ1v) is 9.59. The number of benzene rings is 2. The van der Waals surface area contributed by atoms with Gasteiger partial charge in [-0.05, 0) is 56.4 Å². The molecule has 0 bridgehead atoms. The zero-order chi connectivity index (χ0) is 19.8. The SMILES string of the molecule is COc1ccc(C2OC(=NC(C)(C)CC(C)(C)C)c3ccc(C)cc32)cc1. The third-order valence-electron chi connectivity index (χ3n) is 4.74. The highest BCUT2D eigenvalue weighted by Gasteiger charge is 2.33. The maximum atomic E-state index is 6.41. The Morgan fingerprint density at radius 1 is 1.00 bits per heavy atom. The number of rotatable bonds is 4. The van der Waals surface area contributed by atoms with Crippen LogP contribution in [-0.2, 0) is 4.74 Å². The van der Waals surface area contributed by atoms with E-state index in [0.29, 0.717) is 0 Å². The summed E-state index contributed by atoms with van der Waals surface area (Å²) in [5, 5.41) is 0. The Labute approximate surface area is 163 Å². The summed E-state index contributed by atoms with van der Waals surface area (Å²) in [6.45, 7) is 13.2. The lowest BCUT2D eigenvalue weighted by atomic mass is 9.82. The first-order chi connectivity index (χ1) is 12.6. The van der Waals surface area contributed by atoms with Gasteiger partial charge in [0.05, 0.1) is 12.6 Å². The summed E-state index contributed by atoms with van der Waals surface area (Å²) in [5.41, 5.74) is 4.64. The van der Waals surface area contributed by atoms with E-state index in [1.807, 2.05) is 12.1 Å². The van der Waals surface area contributed by atoms with Crippen LogP contribution in [0.2, 0.25) is 0 Å². The fourth-order valence-corrected chi connectivity index (χ4v) is 4.06. The Bertz CT molecular complexity index is 842. The van der Waals surface area contributed by atoms with Crippen LogP contribution >= 0.6 is 0 Å². The average molecular weight is 366 g/mol. The van der Waals surface area contributed by atoms with Crippen LogP contribution in [-0.4, -0.2) is 18.5 Å². The van der Waals surface area contributed by atoms with E-state index in [9.17, 15) is 0 Å². The summed E-state index contributed by atoms with van der Waals surface area (Å²) in [6, 6.07) is 14.6. The second-order valence-electron chi connectivity index (χ2n) is 9.33. The molecule has 0 fully saturated rings. The Hall–Kier alpha value is -2.29. The van der Waals surface area contributed by atoms with Crippen LogP contribution in [0.5, 0.6) is 5.75 Å². The number of fused-ring (bicyclic) bond motifs is 1. The summed E-state index contributed by atoms with van der Waals surface area (Å²) >= 11 is 0. The van der Waals surface area contributed by atoms with Gasteiger partial charge < -0.3 is 9.47 Å². The lowest BCUT2D eigenvalue weighted by molar-refractivity contribution is 0.239. The van der Waals surface area contributed by atoms with Gasteiger partial charge >= 0.3 is 0 Å². The number of nitrogens with zero attached hydrogens (tertiary/aromatic N) is 1. The second kappa shape index (κ2) is 7.03. The van der Waals surface area contributed by atoms with Crippen molar-refractivity contribution in [1.29, 1.82) is 0 Å². The van der Waals surface area contributed by atoms with Gasteiger partial charge in [-0.2, -0.15) is 0 Å². The number of methoxy groups -OCH3 is 1. The van der Waals surface area contributed by atoms with Crippen molar-refractivity contribution in [2.75, 3.05) is 7.11 Å². The van der Waals surface area contributed by atoms with Gasteiger partial charge in [0.2, 0.25) is 5.90 Å². The number of ether oxygens (including phenoxy) is 2. The molecule has 3 nitrogen and oxygen atoms in total. The molecular weight excluding hydrogens is 334 g/mol. The van der Waals surface area contributed by atoms with E-state index in [1.165, 1.54) is 11.1 Å². The summed E-state index contributed by atoms with van der Waals surface area (Å²) in [6.07, 6.45) is 0.858. The molecular formula is C24H31NO2. The van der Waals surface area contributed by atoms with Crippen LogP contribution in [0.4, 0.5) is 0 Å². The molecule has 0 spiro atoms. The zero-order valence-corrected chi connectivity index (χ0v) is 17.6. The first kappa shape index (κ1) is 19.5. The Kier molecular flexibility index (Phi) is 5.07. The lowest BCUT2D eigenvalue weighted by Crippen LogP contribution is -2.26. The van der Waals surface area contributed by atoms with Crippen LogP contribution in [0.1, 0.15) is 69.4 Å². The predicted octanol–water partition coefficient (Wildman–Crippen LogP) is 6.08. The van der Waals surface area contributed by atoms with Crippen LogP contribution < -0.4 is 4.74 Å². The van der Waals surface area contributed by atoms with Crippen molar-refractivity contribution in [3.8, 4) is 5.75 Å². The molecule has 0 aromatic heterocycles. The smallest absolute Gasteiger partial charge is 0.218 e. The molecule has 1 unspecified atom stereocenters. The standard InChI is InChI=1S/C24H31NO2/c1-16-8-13-19-20(14-16)21(17-9-11-18(26-7)12-10-17)27-22(19)25-24(5,6)15-23(2,3)4/h8-14,21H,15H2,1-7H3. The van der Waals surface area contributed by atoms with E-state index in [4.69, 9.17) is 14.5 Å². The summed E-state index contributed by atoms with van der Waals surface area (Å²) in [4.78, 5) is 5.04. The molecule has 27 heavy (non-hydrogen) atoms. The summed E-state index contributed by atoms with van der Waals surface area (Å²) < 4.78 is 11.7. The lowest BCUT2D eigenvalue weighted by Gasteiger charge is -2.29. The average Bonchev–Trinajstić information content (AvgIpc) is 2.89. The second-order valence-corrected chi connectivity index (χ2v) is 9.33. The number of aliphatic imine (C=N–C) groups is 1. The van der Waals surface area contributed by atoms with E-state index in [0.717, 1.165) is 29.2 Å². The summed E-state index contributed by atoms with van der Waals surface area (Å²) in [5.74, 6) is 1.60. The van der Waals surface area contributed by atoms with E-state index in [2.05, 4.69) is 71.9 Å². The Morgan fingerprint density at radius 2 is 1.67 bits per heavy atom. The monoisotopic (exact) mass is 365 g/mol. The topological polar surface area (TPSA) is 30.8 Å². The molecule has 0 saturated heterocycles. The van der Waals surface area contributed by atoms with Crippen molar-refractivity contribution in [3.63, 3.8) is 0 Å². The number of hydrogen-bond donors (Lipinski definition) is 0. The Balaban J connectivity index is 2.00. The van der Waals surface area contributed by atoms with Crippen LogP contribution in [0.25, 0.3) is 0 Å². The minimum atomic E-state index is -0.190. The van der Waals surface area contributed by atoms with E-state index in [-0.39, 0.29) is 17.1 Å². The number of aryl methyl sites for hydroxylation is 1. The third-order valence-corrected chi connectivity index (χ3v) is 4.74.